The van der Waals surface area contributed by atoms with Crippen LogP contribution in [0.2, 0.25) is 0 Å². The van der Waals surface area contributed by atoms with Gasteiger partial charge in [-0.1, -0.05) is 0 Å². The molecule has 0 bridgehead atoms. The normalized spacial score (nSPS) is 30.6. The second-order valence-electron chi connectivity index (χ2n) is 5.40. The van der Waals surface area contributed by atoms with E-state index in [1.165, 1.54) is 17.2 Å². The largest absolute Gasteiger partial charge is 0.490 e. The van der Waals surface area contributed by atoms with Crippen molar-refractivity contribution in [3.63, 3.8) is 0 Å². The lowest BCUT2D eigenvalue weighted by molar-refractivity contribution is -0.0368. The Morgan fingerprint density at radius 3 is 2.44 bits per heavy atom. The molecule has 0 aromatic carbocycles. The number of nitrogens with zero attached hydrogens (tertiary/aromatic N) is 1. The van der Waals surface area contributed by atoms with Crippen molar-refractivity contribution in [2.75, 3.05) is 6.61 Å². The van der Waals surface area contributed by atoms with Crippen molar-refractivity contribution < 1.29 is 55.9 Å². The zero-order valence-corrected chi connectivity index (χ0v) is 16.1. The van der Waals surface area contributed by atoms with Crippen LogP contribution in [0.4, 0.5) is 4.79 Å². The zero-order valence-electron chi connectivity index (χ0n) is 13.4. The molecule has 1 fully saturated rings. The van der Waals surface area contributed by atoms with Crippen LogP contribution in [0.25, 0.3) is 0 Å². The number of amides is 2. The number of nitrogens with two attached hydrogens (primary N) is 1. The Labute approximate surface area is 152 Å². The number of hydrogen-bond acceptors (Lipinski definition) is 9. The lowest BCUT2D eigenvalue weighted by Crippen LogP contribution is -2.52. The molecule has 18 heteroatoms. The Bertz CT molecular complexity index is 739. The summed E-state index contributed by atoms with van der Waals surface area (Å²) in [5.74, 6) is 0. The van der Waals surface area contributed by atoms with E-state index >= 15 is 0 Å². The first-order valence-electron chi connectivity index (χ1n) is 7.23. The molecule has 2 rings (SSSR count). The third-order valence-corrected chi connectivity index (χ3v) is 7.02. The zero-order chi connectivity index (χ0) is 20.5. The predicted octanol–water partition coefficient (Wildman–Crippen LogP) is -0.342. The van der Waals surface area contributed by atoms with Crippen LogP contribution in [0.5, 0.6) is 0 Å². The van der Waals surface area contributed by atoms with E-state index in [4.69, 9.17) is 25.2 Å². The molecule has 2 heterocycles. The maximum Gasteiger partial charge on any atom is 0.490 e. The molecule has 0 spiro atoms. The van der Waals surface area contributed by atoms with Gasteiger partial charge in [0.1, 0.15) is 6.23 Å². The molecule has 15 nitrogen and oxygen atoms in total. The Morgan fingerprint density at radius 1 is 1.19 bits per heavy atom. The summed E-state index contributed by atoms with van der Waals surface area (Å²) in [7, 11) is -16.2. The number of phosphoric acid groups is 3. The topological polar surface area (TPSA) is 227 Å². The van der Waals surface area contributed by atoms with Gasteiger partial charge in [-0.15, -0.1) is 0 Å². The third kappa shape index (κ3) is 7.35. The van der Waals surface area contributed by atoms with Gasteiger partial charge in [0.25, 0.3) is 0 Å². The molecule has 1 saturated heterocycles. The van der Waals surface area contributed by atoms with Gasteiger partial charge in [-0.3, -0.25) is 9.42 Å². The number of nitrogens with one attached hydrogen (secondary N) is 1. The summed E-state index contributed by atoms with van der Waals surface area (Å²) in [4.78, 5) is 48.4. The van der Waals surface area contributed by atoms with Crippen molar-refractivity contribution in [1.29, 1.82) is 0 Å². The van der Waals surface area contributed by atoms with Crippen LogP contribution in [0, 0.1) is 0 Å². The molecule has 0 aromatic rings. The maximum absolute atomic E-state index is 11.8. The molecule has 0 saturated carbocycles. The number of hydrogen-bond donors (Lipinski definition) is 6. The summed E-state index contributed by atoms with van der Waals surface area (Å²) < 4.78 is 50.5. The van der Waals surface area contributed by atoms with Crippen molar-refractivity contribution in [1.82, 2.24) is 10.2 Å². The van der Waals surface area contributed by atoms with E-state index in [9.17, 15) is 23.4 Å². The minimum absolute atomic E-state index is 0.310. The quantitative estimate of drug-likeness (QED) is 0.259. The van der Waals surface area contributed by atoms with Crippen molar-refractivity contribution in [2.24, 2.45) is 5.73 Å². The Balaban J connectivity index is 1.85. The lowest BCUT2D eigenvalue weighted by Gasteiger charge is -2.30. The van der Waals surface area contributed by atoms with Crippen LogP contribution in [-0.4, -0.2) is 55.6 Å². The van der Waals surface area contributed by atoms with Gasteiger partial charge in [-0.25, -0.2) is 18.5 Å². The molecule has 2 aliphatic rings. The van der Waals surface area contributed by atoms with E-state index in [1.807, 2.05) is 0 Å². The van der Waals surface area contributed by atoms with Crippen molar-refractivity contribution in [3.8, 4) is 0 Å². The highest BCUT2D eigenvalue weighted by Crippen LogP contribution is 2.66. The fourth-order valence-electron chi connectivity index (χ4n) is 2.24. The van der Waals surface area contributed by atoms with Crippen LogP contribution >= 0.6 is 23.5 Å². The number of carbonyl (C=O) groups excluding carboxylic acids is 1. The molecule has 2 amide bonds. The average Bonchev–Trinajstić information content (AvgIpc) is 2.90. The first-order chi connectivity index (χ1) is 12.3. The SMILES string of the molecule is NC1C=CN([C@H]2CC[C@@H](COP(=O)(O)OP(=O)(O)OP(=O)(O)O)O2)C(=O)N1. The highest BCUT2D eigenvalue weighted by Gasteiger charge is 2.42. The number of urea groups is 1. The third-order valence-electron chi connectivity index (χ3n) is 3.21. The highest BCUT2D eigenvalue weighted by molar-refractivity contribution is 7.66. The van der Waals surface area contributed by atoms with Crippen molar-refractivity contribution in [2.45, 2.75) is 31.3 Å². The Hall–Kier alpha value is -0.660. The Kier molecular flexibility index (Phi) is 7.02. The molecule has 0 radical (unpaired) electrons. The molecule has 3 unspecified atom stereocenters. The minimum atomic E-state index is -5.57. The molecule has 27 heavy (non-hydrogen) atoms. The van der Waals surface area contributed by atoms with E-state index in [0.29, 0.717) is 12.8 Å². The van der Waals surface area contributed by atoms with Crippen molar-refractivity contribution in [3.05, 3.63) is 12.3 Å². The van der Waals surface area contributed by atoms with Gasteiger partial charge in [-0.2, -0.15) is 8.62 Å². The summed E-state index contributed by atoms with van der Waals surface area (Å²) in [5, 5.41) is 2.45. The van der Waals surface area contributed by atoms with Crippen LogP contribution in [0.1, 0.15) is 12.8 Å². The minimum Gasteiger partial charge on any atom is -0.352 e. The summed E-state index contributed by atoms with van der Waals surface area (Å²) in [6.07, 6.45) is 1.53. The second kappa shape index (κ2) is 8.37. The van der Waals surface area contributed by atoms with Crippen LogP contribution < -0.4 is 11.1 Å². The van der Waals surface area contributed by atoms with E-state index in [2.05, 4.69) is 18.5 Å². The summed E-state index contributed by atoms with van der Waals surface area (Å²) in [5.41, 5.74) is 5.52. The standard InChI is InChI=1S/C9H18N3O12P3/c10-7-3-4-12(9(13)11-7)8-2-1-6(22-8)5-21-26(17,18)24-27(19,20)23-25(14,15)16/h3-4,6-8H,1-2,5,10H2,(H,11,13)(H,17,18)(H,19,20)(H2,14,15,16)/t6-,7?,8+/m0/s1. The molecule has 5 atom stereocenters. The van der Waals surface area contributed by atoms with E-state index < -0.39 is 54.6 Å². The Morgan fingerprint density at radius 2 is 1.85 bits per heavy atom. The van der Waals surface area contributed by atoms with Gasteiger partial charge in [0.15, 0.2) is 0 Å². The number of phosphoric ester groups is 1. The monoisotopic (exact) mass is 453 g/mol. The van der Waals surface area contributed by atoms with Gasteiger partial charge in [0, 0.05) is 6.20 Å². The predicted molar refractivity (Wildman–Crippen MR) is 85.2 cm³/mol. The van der Waals surface area contributed by atoms with E-state index in [0.717, 1.165) is 0 Å². The van der Waals surface area contributed by atoms with Gasteiger partial charge in [0.05, 0.1) is 18.9 Å². The van der Waals surface area contributed by atoms with Gasteiger partial charge in [0.2, 0.25) is 0 Å². The van der Waals surface area contributed by atoms with Crippen LogP contribution in [0.15, 0.2) is 12.3 Å². The van der Waals surface area contributed by atoms with Crippen LogP contribution in [-0.2, 0) is 31.6 Å². The number of ether oxygens (including phenoxy) is 1. The smallest absolute Gasteiger partial charge is 0.352 e. The van der Waals surface area contributed by atoms with Crippen molar-refractivity contribution >= 4 is 29.5 Å². The van der Waals surface area contributed by atoms with E-state index in [-0.39, 0.29) is 0 Å². The fourth-order valence-corrected chi connectivity index (χ4v) is 5.29. The molecule has 0 aromatic heterocycles. The molecule has 156 valence electrons. The number of rotatable bonds is 8. The maximum atomic E-state index is 11.8. The fraction of sp³-hybridized carbons (Fsp3) is 0.667. The summed E-state index contributed by atoms with van der Waals surface area (Å²) in [6, 6.07) is -0.497. The summed E-state index contributed by atoms with van der Waals surface area (Å²) >= 11 is 0. The van der Waals surface area contributed by atoms with Gasteiger partial charge < -0.3 is 35.4 Å². The lowest BCUT2D eigenvalue weighted by atomic mass is 10.2. The van der Waals surface area contributed by atoms with Gasteiger partial charge in [-0.05, 0) is 18.9 Å². The molecular weight excluding hydrogens is 435 g/mol. The molecular formula is C9H18N3O12P3. The van der Waals surface area contributed by atoms with Gasteiger partial charge >= 0.3 is 29.5 Å². The van der Waals surface area contributed by atoms with E-state index in [1.54, 1.807) is 0 Å². The average molecular weight is 453 g/mol. The molecule has 0 aliphatic carbocycles. The highest BCUT2D eigenvalue weighted by atomic mass is 31.3. The number of carbonyl (C=O) groups is 1. The summed E-state index contributed by atoms with van der Waals surface area (Å²) in [6.45, 7) is -0.571. The molecule has 7 N–H and O–H groups in total. The first kappa shape index (κ1) is 22.6. The second-order valence-corrected chi connectivity index (χ2v) is 9.82. The molecule has 2 aliphatic heterocycles. The first-order valence-corrected chi connectivity index (χ1v) is 11.7. The van der Waals surface area contributed by atoms with Crippen LogP contribution in [0.3, 0.4) is 0 Å².